The smallest absolute Gasteiger partial charge is 0.138 e. The standard InChI is InChI=1S/C19H23N5O/c1-4-14-5-10-18(25)17(11-14)19(22-24-12-20-21-13-24)15-6-8-16(9-7-15)23(2)3/h5-13,19,22,25H,4H2,1-3H3/t19-/m0/s1. The average Bonchev–Trinajstić information content (AvgIpc) is 3.14. The van der Waals surface area contributed by atoms with Crippen molar-refractivity contribution < 1.29 is 5.11 Å². The zero-order valence-electron chi connectivity index (χ0n) is 14.7. The van der Waals surface area contributed by atoms with Crippen molar-refractivity contribution in [2.75, 3.05) is 24.4 Å². The maximum Gasteiger partial charge on any atom is 0.138 e. The predicted octanol–water partition coefficient (Wildman–Crippen LogP) is 2.95. The highest BCUT2D eigenvalue weighted by atomic mass is 16.3. The van der Waals surface area contributed by atoms with E-state index in [0.29, 0.717) is 0 Å². The number of benzene rings is 2. The van der Waals surface area contributed by atoms with Crippen molar-refractivity contribution in [1.29, 1.82) is 0 Å². The van der Waals surface area contributed by atoms with Crippen molar-refractivity contribution in [3.8, 4) is 5.75 Å². The molecule has 2 N–H and O–H groups in total. The summed E-state index contributed by atoms with van der Waals surface area (Å²) in [7, 11) is 4.02. The van der Waals surface area contributed by atoms with Crippen LogP contribution in [0.3, 0.4) is 0 Å². The van der Waals surface area contributed by atoms with Crippen LogP contribution in [0.15, 0.2) is 55.1 Å². The second kappa shape index (κ2) is 7.25. The molecule has 3 aromatic rings. The zero-order valence-corrected chi connectivity index (χ0v) is 14.7. The van der Waals surface area contributed by atoms with E-state index in [1.165, 1.54) is 5.56 Å². The maximum atomic E-state index is 10.4. The molecule has 6 nitrogen and oxygen atoms in total. The Balaban J connectivity index is 2.03. The number of aromatic nitrogens is 3. The number of hydrogen-bond donors (Lipinski definition) is 2. The third kappa shape index (κ3) is 3.74. The summed E-state index contributed by atoms with van der Waals surface area (Å²) in [4.78, 5) is 2.06. The number of nitrogens with one attached hydrogen (secondary N) is 1. The molecule has 0 aliphatic carbocycles. The van der Waals surface area contributed by atoms with Crippen LogP contribution in [0, 0.1) is 0 Å². The molecule has 0 aliphatic heterocycles. The number of phenols is 1. The van der Waals surface area contributed by atoms with Crippen LogP contribution in [-0.4, -0.2) is 34.1 Å². The Morgan fingerprint density at radius 1 is 1.08 bits per heavy atom. The minimum absolute atomic E-state index is 0.223. The Labute approximate surface area is 147 Å². The summed E-state index contributed by atoms with van der Waals surface area (Å²) in [5.41, 5.74) is 7.52. The zero-order chi connectivity index (χ0) is 17.8. The number of nitrogens with zero attached hydrogens (tertiary/aromatic N) is 4. The van der Waals surface area contributed by atoms with Crippen LogP contribution < -0.4 is 10.3 Å². The Kier molecular flexibility index (Phi) is 4.88. The van der Waals surface area contributed by atoms with Crippen molar-refractivity contribution in [2.45, 2.75) is 19.4 Å². The molecule has 0 saturated heterocycles. The fraction of sp³-hybridized carbons (Fsp3) is 0.263. The van der Waals surface area contributed by atoms with Crippen LogP contribution in [-0.2, 0) is 6.42 Å². The number of phenolic OH excluding ortho intramolecular Hbond substituents is 1. The Morgan fingerprint density at radius 2 is 1.76 bits per heavy atom. The van der Waals surface area contributed by atoms with E-state index in [9.17, 15) is 5.11 Å². The third-order valence-corrected chi connectivity index (χ3v) is 4.25. The summed E-state index contributed by atoms with van der Waals surface area (Å²) < 4.78 is 1.70. The van der Waals surface area contributed by atoms with Gasteiger partial charge in [-0.2, -0.15) is 0 Å². The lowest BCUT2D eigenvalue weighted by Crippen LogP contribution is -2.21. The molecule has 0 fully saturated rings. The molecule has 130 valence electrons. The first kappa shape index (κ1) is 16.8. The summed E-state index contributed by atoms with van der Waals surface area (Å²) in [6.07, 6.45) is 4.11. The van der Waals surface area contributed by atoms with E-state index in [2.05, 4.69) is 51.7 Å². The largest absolute Gasteiger partial charge is 0.508 e. The van der Waals surface area contributed by atoms with E-state index in [1.54, 1.807) is 23.4 Å². The minimum atomic E-state index is -0.223. The highest BCUT2D eigenvalue weighted by Crippen LogP contribution is 2.32. The van der Waals surface area contributed by atoms with Gasteiger partial charge in [0.05, 0.1) is 6.04 Å². The number of anilines is 1. The molecule has 0 aliphatic rings. The maximum absolute atomic E-state index is 10.4. The lowest BCUT2D eigenvalue weighted by Gasteiger charge is -2.23. The molecular weight excluding hydrogens is 314 g/mol. The van der Waals surface area contributed by atoms with Crippen molar-refractivity contribution in [3.63, 3.8) is 0 Å². The van der Waals surface area contributed by atoms with Gasteiger partial charge in [-0.15, -0.1) is 10.2 Å². The van der Waals surface area contributed by atoms with Gasteiger partial charge in [-0.25, -0.2) is 4.68 Å². The predicted molar refractivity (Wildman–Crippen MR) is 99.5 cm³/mol. The van der Waals surface area contributed by atoms with Gasteiger partial charge < -0.3 is 15.4 Å². The number of aryl methyl sites for hydroxylation is 1. The molecule has 0 bridgehead atoms. The number of aromatic hydroxyl groups is 1. The van der Waals surface area contributed by atoms with E-state index in [4.69, 9.17) is 0 Å². The van der Waals surface area contributed by atoms with Crippen LogP contribution in [0.5, 0.6) is 5.75 Å². The molecule has 0 unspecified atom stereocenters. The van der Waals surface area contributed by atoms with E-state index in [0.717, 1.165) is 23.2 Å². The Hall–Kier alpha value is -3.02. The Morgan fingerprint density at radius 3 is 2.36 bits per heavy atom. The van der Waals surface area contributed by atoms with Gasteiger partial charge in [-0.1, -0.05) is 25.1 Å². The molecule has 1 aromatic heterocycles. The molecule has 0 saturated carbocycles. The number of rotatable bonds is 6. The first-order chi connectivity index (χ1) is 12.1. The van der Waals surface area contributed by atoms with Crippen molar-refractivity contribution in [3.05, 3.63) is 71.8 Å². The van der Waals surface area contributed by atoms with Crippen molar-refractivity contribution in [2.24, 2.45) is 0 Å². The summed E-state index contributed by atoms with van der Waals surface area (Å²) in [5.74, 6) is 0.263. The molecule has 6 heteroatoms. The van der Waals surface area contributed by atoms with Gasteiger partial charge in [0.1, 0.15) is 18.4 Å². The molecule has 1 atom stereocenters. The topological polar surface area (TPSA) is 66.2 Å². The Bertz CT molecular complexity index is 812. The van der Waals surface area contributed by atoms with E-state index in [-0.39, 0.29) is 11.8 Å². The highest BCUT2D eigenvalue weighted by molar-refractivity contribution is 5.50. The van der Waals surface area contributed by atoms with Gasteiger partial charge in [0.15, 0.2) is 0 Å². The molecule has 0 radical (unpaired) electrons. The van der Waals surface area contributed by atoms with Crippen LogP contribution in [0.1, 0.15) is 29.7 Å². The van der Waals surface area contributed by atoms with Crippen LogP contribution in [0.25, 0.3) is 0 Å². The van der Waals surface area contributed by atoms with Gasteiger partial charge in [-0.3, -0.25) is 0 Å². The first-order valence-electron chi connectivity index (χ1n) is 8.28. The van der Waals surface area contributed by atoms with Gasteiger partial charge in [0.25, 0.3) is 0 Å². The minimum Gasteiger partial charge on any atom is -0.508 e. The molecule has 3 rings (SSSR count). The summed E-state index contributed by atoms with van der Waals surface area (Å²) in [6.45, 7) is 2.10. The lowest BCUT2D eigenvalue weighted by atomic mass is 9.96. The molecule has 1 heterocycles. The fourth-order valence-corrected chi connectivity index (χ4v) is 2.76. The average molecular weight is 337 g/mol. The quantitative estimate of drug-likeness (QED) is 0.724. The first-order valence-corrected chi connectivity index (χ1v) is 8.28. The van der Waals surface area contributed by atoms with Crippen molar-refractivity contribution >= 4 is 5.69 Å². The SMILES string of the molecule is CCc1ccc(O)c([C@@H](Nn2cnnc2)c2ccc(N(C)C)cc2)c1. The number of hydrogen-bond acceptors (Lipinski definition) is 5. The summed E-state index contributed by atoms with van der Waals surface area (Å²) in [5, 5.41) is 18.1. The van der Waals surface area contributed by atoms with Crippen LogP contribution >= 0.6 is 0 Å². The molecular formula is C19H23N5O. The van der Waals surface area contributed by atoms with Gasteiger partial charge in [0, 0.05) is 25.3 Å². The van der Waals surface area contributed by atoms with Crippen molar-refractivity contribution in [1.82, 2.24) is 14.9 Å². The van der Waals surface area contributed by atoms with Crippen LogP contribution in [0.2, 0.25) is 0 Å². The fourth-order valence-electron chi connectivity index (χ4n) is 2.76. The third-order valence-electron chi connectivity index (χ3n) is 4.25. The van der Waals surface area contributed by atoms with Gasteiger partial charge >= 0.3 is 0 Å². The normalized spacial score (nSPS) is 12.0. The monoisotopic (exact) mass is 337 g/mol. The molecule has 25 heavy (non-hydrogen) atoms. The molecule has 2 aromatic carbocycles. The summed E-state index contributed by atoms with van der Waals surface area (Å²) >= 11 is 0. The van der Waals surface area contributed by atoms with Gasteiger partial charge in [0.2, 0.25) is 0 Å². The molecule has 0 spiro atoms. The highest BCUT2D eigenvalue weighted by Gasteiger charge is 2.19. The molecule has 0 amide bonds. The van der Waals surface area contributed by atoms with Gasteiger partial charge in [-0.05, 0) is 41.8 Å². The second-order valence-electron chi connectivity index (χ2n) is 6.16. The van der Waals surface area contributed by atoms with E-state index < -0.39 is 0 Å². The van der Waals surface area contributed by atoms with E-state index >= 15 is 0 Å². The van der Waals surface area contributed by atoms with Crippen LogP contribution in [0.4, 0.5) is 5.69 Å². The second-order valence-corrected chi connectivity index (χ2v) is 6.16. The lowest BCUT2D eigenvalue weighted by molar-refractivity contribution is 0.464. The van der Waals surface area contributed by atoms with E-state index in [1.807, 2.05) is 26.2 Å². The summed E-state index contributed by atoms with van der Waals surface area (Å²) in [6, 6.07) is 13.8.